The number of nitrogens with zero attached hydrogens (tertiary/aromatic N) is 4. The minimum Gasteiger partial charge on any atom is -0.348 e. The summed E-state index contributed by atoms with van der Waals surface area (Å²) in [6, 6.07) is 12.8. The van der Waals surface area contributed by atoms with E-state index in [1.165, 1.54) is 23.4 Å². The SMILES string of the molecule is [C-]#[N+]c1ccc(N2C(=O)C(C)(C)N(c3ccc(CNC(=O)c4ccncc4)c(F)c3)C2=S)cc1C. The lowest BCUT2D eigenvalue weighted by Gasteiger charge is -2.29. The van der Waals surface area contributed by atoms with Crippen LogP contribution in [0.25, 0.3) is 4.85 Å². The number of anilines is 2. The molecule has 0 aliphatic carbocycles. The van der Waals surface area contributed by atoms with E-state index in [9.17, 15) is 9.59 Å². The van der Waals surface area contributed by atoms with Crippen molar-refractivity contribution in [3.8, 4) is 0 Å². The Bertz CT molecular complexity index is 1380. The highest BCUT2D eigenvalue weighted by atomic mass is 32.1. The van der Waals surface area contributed by atoms with Crippen molar-refractivity contribution in [1.29, 1.82) is 0 Å². The molecule has 0 unspecified atom stereocenters. The van der Waals surface area contributed by atoms with Gasteiger partial charge in [0, 0.05) is 41.4 Å². The first-order valence-electron chi connectivity index (χ1n) is 10.8. The van der Waals surface area contributed by atoms with E-state index in [1.807, 2.05) is 0 Å². The van der Waals surface area contributed by atoms with Gasteiger partial charge < -0.3 is 10.2 Å². The number of benzene rings is 2. The molecule has 1 aromatic heterocycles. The number of aryl methyl sites for hydroxylation is 1. The number of aromatic nitrogens is 1. The van der Waals surface area contributed by atoms with Crippen molar-refractivity contribution < 1.29 is 14.0 Å². The van der Waals surface area contributed by atoms with E-state index in [2.05, 4.69) is 15.1 Å². The van der Waals surface area contributed by atoms with Crippen LogP contribution < -0.4 is 15.1 Å². The average molecular weight is 488 g/mol. The molecule has 1 saturated heterocycles. The lowest BCUT2D eigenvalue weighted by molar-refractivity contribution is -0.120. The summed E-state index contributed by atoms with van der Waals surface area (Å²) in [5, 5.41) is 2.91. The molecular weight excluding hydrogens is 465 g/mol. The molecule has 1 aliphatic heterocycles. The van der Waals surface area contributed by atoms with E-state index in [0.717, 1.165) is 5.56 Å². The van der Waals surface area contributed by atoms with E-state index < -0.39 is 11.4 Å². The zero-order chi connectivity index (χ0) is 25.3. The van der Waals surface area contributed by atoms with Crippen LogP contribution in [0.2, 0.25) is 0 Å². The van der Waals surface area contributed by atoms with Crippen LogP contribution in [0.15, 0.2) is 60.9 Å². The first kappa shape index (κ1) is 24.0. The van der Waals surface area contributed by atoms with Gasteiger partial charge in [-0.25, -0.2) is 9.24 Å². The van der Waals surface area contributed by atoms with E-state index in [0.29, 0.717) is 28.2 Å². The molecule has 0 atom stereocenters. The number of carbonyl (C=O) groups is 2. The summed E-state index contributed by atoms with van der Waals surface area (Å²) in [6.45, 7) is 12.5. The molecule has 2 aromatic carbocycles. The molecule has 4 rings (SSSR count). The fraction of sp³-hybridized carbons (Fsp3) is 0.192. The highest BCUT2D eigenvalue weighted by molar-refractivity contribution is 7.81. The lowest BCUT2D eigenvalue weighted by Crippen LogP contribution is -2.44. The molecule has 0 spiro atoms. The van der Waals surface area contributed by atoms with Crippen molar-refractivity contribution in [2.75, 3.05) is 9.80 Å². The molecular formula is C26H22FN5O2S. The Morgan fingerprint density at radius 2 is 1.83 bits per heavy atom. The molecule has 35 heavy (non-hydrogen) atoms. The predicted molar refractivity (Wildman–Crippen MR) is 136 cm³/mol. The number of nitrogens with one attached hydrogen (secondary N) is 1. The van der Waals surface area contributed by atoms with Crippen LogP contribution in [0, 0.1) is 19.3 Å². The number of rotatable bonds is 5. The third-order valence-electron chi connectivity index (χ3n) is 5.90. The minimum absolute atomic E-state index is 0.00115. The molecule has 1 N–H and O–H groups in total. The number of hydrogen-bond donors (Lipinski definition) is 1. The number of hydrogen-bond acceptors (Lipinski definition) is 4. The molecule has 2 amide bonds. The topological polar surface area (TPSA) is 69.9 Å². The van der Waals surface area contributed by atoms with Crippen LogP contribution in [0.5, 0.6) is 0 Å². The maximum Gasteiger partial charge on any atom is 0.259 e. The van der Waals surface area contributed by atoms with Crippen LogP contribution in [-0.4, -0.2) is 27.4 Å². The van der Waals surface area contributed by atoms with Crippen molar-refractivity contribution in [2.45, 2.75) is 32.9 Å². The van der Waals surface area contributed by atoms with Gasteiger partial charge in [0.15, 0.2) is 10.8 Å². The molecule has 0 radical (unpaired) electrons. The van der Waals surface area contributed by atoms with Crippen molar-refractivity contribution in [1.82, 2.24) is 10.3 Å². The second-order valence-corrected chi connectivity index (χ2v) is 8.96. The summed E-state index contributed by atoms with van der Waals surface area (Å²) in [7, 11) is 0. The Morgan fingerprint density at radius 1 is 1.14 bits per heavy atom. The first-order valence-corrected chi connectivity index (χ1v) is 11.2. The van der Waals surface area contributed by atoms with Gasteiger partial charge in [-0.3, -0.25) is 19.5 Å². The average Bonchev–Trinajstić information content (AvgIpc) is 3.01. The summed E-state index contributed by atoms with van der Waals surface area (Å²) in [4.78, 5) is 36.0. The van der Waals surface area contributed by atoms with Crippen molar-refractivity contribution in [3.05, 3.63) is 94.8 Å². The van der Waals surface area contributed by atoms with Gasteiger partial charge in [-0.1, -0.05) is 12.1 Å². The lowest BCUT2D eigenvalue weighted by atomic mass is 10.0. The van der Waals surface area contributed by atoms with E-state index >= 15 is 4.39 Å². The summed E-state index contributed by atoms with van der Waals surface area (Å²) < 4.78 is 15.0. The van der Waals surface area contributed by atoms with Crippen molar-refractivity contribution in [3.63, 3.8) is 0 Å². The van der Waals surface area contributed by atoms with Gasteiger partial charge in [0.05, 0.1) is 6.57 Å². The Kier molecular flexibility index (Phi) is 6.33. The predicted octanol–water partition coefficient (Wildman–Crippen LogP) is 4.93. The molecule has 176 valence electrons. The summed E-state index contributed by atoms with van der Waals surface area (Å²) in [5.74, 6) is -1.12. The third kappa shape index (κ3) is 4.36. The third-order valence-corrected chi connectivity index (χ3v) is 6.27. The molecule has 7 nitrogen and oxygen atoms in total. The number of halogens is 1. The molecule has 1 aliphatic rings. The maximum atomic E-state index is 15.0. The quantitative estimate of drug-likeness (QED) is 0.408. The van der Waals surface area contributed by atoms with Crippen LogP contribution >= 0.6 is 12.2 Å². The highest BCUT2D eigenvalue weighted by Gasteiger charge is 2.50. The fourth-order valence-electron chi connectivity index (χ4n) is 3.96. The Hall–Kier alpha value is -4.16. The van der Waals surface area contributed by atoms with Crippen molar-refractivity contribution in [2.24, 2.45) is 0 Å². The second kappa shape index (κ2) is 9.24. The summed E-state index contributed by atoms with van der Waals surface area (Å²) >= 11 is 5.66. The molecule has 9 heteroatoms. The van der Waals surface area contributed by atoms with Gasteiger partial charge in [-0.2, -0.15) is 0 Å². The number of carbonyl (C=O) groups excluding carboxylic acids is 2. The van der Waals surface area contributed by atoms with E-state index in [4.69, 9.17) is 18.8 Å². The molecule has 0 bridgehead atoms. The van der Waals surface area contributed by atoms with Crippen LogP contribution in [0.3, 0.4) is 0 Å². The van der Waals surface area contributed by atoms with Gasteiger partial charge in [0.1, 0.15) is 11.4 Å². The first-order chi connectivity index (χ1) is 16.6. The van der Waals surface area contributed by atoms with Crippen LogP contribution in [0.1, 0.15) is 35.3 Å². The number of pyridine rings is 1. The summed E-state index contributed by atoms with van der Waals surface area (Å²) in [6.07, 6.45) is 3.02. The molecule has 1 fully saturated rings. The Morgan fingerprint density at radius 3 is 2.46 bits per heavy atom. The normalized spacial score (nSPS) is 14.7. The minimum atomic E-state index is -1.06. The smallest absolute Gasteiger partial charge is 0.259 e. The van der Waals surface area contributed by atoms with Crippen LogP contribution in [0.4, 0.5) is 21.5 Å². The largest absolute Gasteiger partial charge is 0.348 e. The van der Waals surface area contributed by atoms with E-state index in [1.54, 1.807) is 68.1 Å². The Balaban J connectivity index is 1.58. The van der Waals surface area contributed by atoms with E-state index in [-0.39, 0.29) is 23.5 Å². The van der Waals surface area contributed by atoms with Crippen molar-refractivity contribution >= 4 is 46.2 Å². The van der Waals surface area contributed by atoms with Crippen LogP contribution in [-0.2, 0) is 11.3 Å². The van der Waals surface area contributed by atoms with Gasteiger partial charge >= 0.3 is 0 Å². The number of thiocarbonyl (C=S) groups is 1. The zero-order valence-corrected chi connectivity index (χ0v) is 20.2. The monoisotopic (exact) mass is 487 g/mol. The number of amides is 2. The second-order valence-electron chi connectivity index (χ2n) is 8.59. The van der Waals surface area contributed by atoms with Gasteiger partial charge in [-0.15, -0.1) is 0 Å². The Labute approximate surface area is 208 Å². The molecule has 2 heterocycles. The zero-order valence-electron chi connectivity index (χ0n) is 19.4. The van der Waals surface area contributed by atoms with Gasteiger partial charge in [0.25, 0.3) is 11.8 Å². The van der Waals surface area contributed by atoms with Gasteiger partial charge in [-0.05, 0) is 75.0 Å². The molecule has 3 aromatic rings. The molecule has 0 saturated carbocycles. The highest BCUT2D eigenvalue weighted by Crippen LogP contribution is 2.38. The maximum absolute atomic E-state index is 15.0. The van der Waals surface area contributed by atoms with Gasteiger partial charge in [0.2, 0.25) is 0 Å². The standard InChI is InChI=1S/C26H22FN5O2S/c1-16-13-19(7-8-22(16)28-4)31-24(34)26(2,3)32(25(31)35)20-6-5-18(21(27)14-20)15-30-23(33)17-9-11-29-12-10-17/h5-14H,15H2,1-3H3,(H,30,33). The fourth-order valence-corrected chi connectivity index (χ4v) is 4.48. The summed E-state index contributed by atoms with van der Waals surface area (Å²) in [5.41, 5.74) is 1.87.